The minimum Gasteiger partial charge on any atom is -0.367 e. The Morgan fingerprint density at radius 1 is 1.07 bits per heavy atom. The van der Waals surface area contributed by atoms with E-state index in [1.54, 1.807) is 10.7 Å². The summed E-state index contributed by atoms with van der Waals surface area (Å²) in [7, 11) is 0. The largest absolute Gasteiger partial charge is 0.367 e. The molecule has 3 aromatic heterocycles. The molecule has 0 atom stereocenters. The van der Waals surface area contributed by atoms with Crippen molar-refractivity contribution in [2.45, 2.75) is 65.7 Å². The lowest BCUT2D eigenvalue weighted by molar-refractivity contribution is 0.624. The highest BCUT2D eigenvalue weighted by molar-refractivity contribution is 5.93. The summed E-state index contributed by atoms with van der Waals surface area (Å²) in [5.74, 6) is 0.249. The standard InChI is InChI=1S/C17H17N5.C8H18/c1-3-12(10-13-6-5-8-19-15(13)4-2)14-7-9-22-16(14)11-20-17(18)21-22;1-3-5-7-8-6-4-2/h3,5-11H,1,4H2,2H3,(H2,18,21);3-8H2,1-2H3/b12-10+;. The van der Waals surface area contributed by atoms with Gasteiger partial charge in [0.05, 0.1) is 11.7 Å². The normalized spacial score (nSPS) is 11.2. The van der Waals surface area contributed by atoms with E-state index in [-0.39, 0.29) is 5.95 Å². The van der Waals surface area contributed by atoms with Crippen molar-refractivity contribution in [3.63, 3.8) is 0 Å². The Hall–Kier alpha value is -2.95. The first-order valence-electron chi connectivity index (χ1n) is 11.0. The first-order chi connectivity index (χ1) is 14.6. The number of anilines is 1. The number of nitrogen functional groups attached to an aromatic ring is 1. The van der Waals surface area contributed by atoms with Crippen molar-refractivity contribution in [3.8, 4) is 0 Å². The first-order valence-corrected chi connectivity index (χ1v) is 11.0. The SMILES string of the molecule is C=C/C(=C\c1cccnc1CC)c1ccn2nc(N)ncc12.CCCCCCCC. The molecule has 0 saturated heterocycles. The number of fused-ring (bicyclic) bond motifs is 1. The number of pyridine rings is 1. The van der Waals surface area contributed by atoms with Crippen LogP contribution in [0.2, 0.25) is 0 Å². The fourth-order valence-corrected chi connectivity index (χ4v) is 3.30. The lowest BCUT2D eigenvalue weighted by atomic mass is 10.0. The highest BCUT2D eigenvalue weighted by Gasteiger charge is 2.08. The van der Waals surface area contributed by atoms with Crippen LogP contribution in [-0.4, -0.2) is 19.6 Å². The summed E-state index contributed by atoms with van der Waals surface area (Å²) in [6.07, 6.45) is 18.7. The van der Waals surface area contributed by atoms with E-state index < -0.39 is 0 Å². The molecule has 0 unspecified atom stereocenters. The number of hydrogen-bond donors (Lipinski definition) is 1. The van der Waals surface area contributed by atoms with Crippen LogP contribution in [-0.2, 0) is 6.42 Å². The van der Waals surface area contributed by atoms with Crippen LogP contribution in [0.25, 0.3) is 17.2 Å². The molecule has 3 rings (SSSR count). The van der Waals surface area contributed by atoms with Crippen LogP contribution in [0.1, 0.15) is 76.1 Å². The van der Waals surface area contributed by atoms with Crippen LogP contribution >= 0.6 is 0 Å². The molecule has 30 heavy (non-hydrogen) atoms. The molecular formula is C25H35N5. The second kappa shape index (κ2) is 12.6. The number of nitrogens with zero attached hydrogens (tertiary/aromatic N) is 4. The highest BCUT2D eigenvalue weighted by Crippen LogP contribution is 2.25. The van der Waals surface area contributed by atoms with E-state index in [0.717, 1.165) is 34.3 Å². The van der Waals surface area contributed by atoms with E-state index in [4.69, 9.17) is 5.73 Å². The lowest BCUT2D eigenvalue weighted by Crippen LogP contribution is -1.99. The maximum Gasteiger partial charge on any atom is 0.238 e. The fraction of sp³-hybridized carbons (Fsp3) is 0.400. The van der Waals surface area contributed by atoms with E-state index in [1.165, 1.54) is 38.5 Å². The van der Waals surface area contributed by atoms with Gasteiger partial charge < -0.3 is 5.73 Å². The van der Waals surface area contributed by atoms with Gasteiger partial charge in [-0.3, -0.25) is 4.98 Å². The molecule has 0 fully saturated rings. The number of hydrogen-bond acceptors (Lipinski definition) is 4. The molecule has 160 valence electrons. The van der Waals surface area contributed by atoms with E-state index >= 15 is 0 Å². The predicted molar refractivity (Wildman–Crippen MR) is 128 cm³/mol. The Balaban J connectivity index is 0.000000343. The van der Waals surface area contributed by atoms with E-state index in [9.17, 15) is 0 Å². The summed E-state index contributed by atoms with van der Waals surface area (Å²) >= 11 is 0. The summed E-state index contributed by atoms with van der Waals surface area (Å²) in [6.45, 7) is 10.5. The van der Waals surface area contributed by atoms with Crippen LogP contribution in [0.5, 0.6) is 0 Å². The maximum atomic E-state index is 5.62. The Morgan fingerprint density at radius 2 is 1.80 bits per heavy atom. The Labute approximate surface area is 180 Å². The molecule has 0 spiro atoms. The van der Waals surface area contributed by atoms with Crippen molar-refractivity contribution in [1.29, 1.82) is 0 Å². The van der Waals surface area contributed by atoms with Gasteiger partial charge in [0.25, 0.3) is 0 Å². The molecule has 0 aliphatic carbocycles. The number of aromatic nitrogens is 4. The second-order valence-corrected chi connectivity index (χ2v) is 7.29. The number of unbranched alkanes of at least 4 members (excludes halogenated alkanes) is 5. The Morgan fingerprint density at radius 3 is 2.43 bits per heavy atom. The molecule has 0 aliphatic heterocycles. The Bertz CT molecular complexity index is 949. The van der Waals surface area contributed by atoms with Gasteiger partial charge in [-0.05, 0) is 35.8 Å². The molecule has 2 N–H and O–H groups in total. The molecule has 0 aliphatic rings. The molecule has 0 amide bonds. The average molecular weight is 406 g/mol. The topological polar surface area (TPSA) is 69.1 Å². The minimum atomic E-state index is 0.249. The predicted octanol–water partition coefficient (Wildman–Crippen LogP) is 6.36. The monoisotopic (exact) mass is 405 g/mol. The van der Waals surface area contributed by atoms with E-state index in [0.29, 0.717) is 0 Å². The van der Waals surface area contributed by atoms with Crippen LogP contribution < -0.4 is 5.73 Å². The number of aryl methyl sites for hydroxylation is 1. The molecule has 3 heterocycles. The first kappa shape index (κ1) is 23.3. The average Bonchev–Trinajstić information content (AvgIpc) is 3.18. The van der Waals surface area contributed by atoms with Crippen LogP contribution in [0.4, 0.5) is 5.95 Å². The van der Waals surface area contributed by atoms with Gasteiger partial charge in [0.15, 0.2) is 0 Å². The van der Waals surface area contributed by atoms with Crippen molar-refractivity contribution < 1.29 is 0 Å². The van der Waals surface area contributed by atoms with E-state index in [1.807, 2.05) is 30.6 Å². The molecule has 0 saturated carbocycles. The molecule has 5 heteroatoms. The summed E-state index contributed by atoms with van der Waals surface area (Å²) in [5.41, 5.74) is 10.7. The van der Waals surface area contributed by atoms with Crippen LogP contribution in [0.15, 0.2) is 49.4 Å². The zero-order valence-corrected chi connectivity index (χ0v) is 18.6. The van der Waals surface area contributed by atoms with Crippen LogP contribution in [0.3, 0.4) is 0 Å². The maximum absolute atomic E-state index is 5.62. The van der Waals surface area contributed by atoms with Gasteiger partial charge in [0.2, 0.25) is 5.95 Å². The highest BCUT2D eigenvalue weighted by atomic mass is 15.3. The lowest BCUT2D eigenvalue weighted by Gasteiger charge is -2.05. The van der Waals surface area contributed by atoms with Gasteiger partial charge in [0, 0.05) is 23.7 Å². The van der Waals surface area contributed by atoms with Gasteiger partial charge >= 0.3 is 0 Å². The second-order valence-electron chi connectivity index (χ2n) is 7.29. The third kappa shape index (κ3) is 6.55. The van der Waals surface area contributed by atoms with Crippen molar-refractivity contribution >= 4 is 23.1 Å². The van der Waals surface area contributed by atoms with Gasteiger partial charge in [-0.2, -0.15) is 0 Å². The van der Waals surface area contributed by atoms with Crippen LogP contribution in [0, 0.1) is 0 Å². The number of allylic oxidation sites excluding steroid dienone is 2. The summed E-state index contributed by atoms with van der Waals surface area (Å²) in [4.78, 5) is 8.48. The van der Waals surface area contributed by atoms with Crippen molar-refractivity contribution in [2.24, 2.45) is 0 Å². The third-order valence-electron chi connectivity index (χ3n) is 4.99. The third-order valence-corrected chi connectivity index (χ3v) is 4.99. The van der Waals surface area contributed by atoms with Crippen molar-refractivity contribution in [3.05, 3.63) is 66.3 Å². The minimum absolute atomic E-state index is 0.249. The fourth-order valence-electron chi connectivity index (χ4n) is 3.30. The summed E-state index contributed by atoms with van der Waals surface area (Å²) in [5, 5.41) is 4.16. The molecule has 0 radical (unpaired) electrons. The molecular weight excluding hydrogens is 370 g/mol. The van der Waals surface area contributed by atoms with Crippen molar-refractivity contribution in [1.82, 2.24) is 19.6 Å². The molecule has 0 bridgehead atoms. The number of rotatable bonds is 9. The van der Waals surface area contributed by atoms with E-state index in [2.05, 4.69) is 54.6 Å². The number of nitrogens with two attached hydrogens (primary N) is 1. The smallest absolute Gasteiger partial charge is 0.238 e. The molecule has 0 aromatic carbocycles. The van der Waals surface area contributed by atoms with Gasteiger partial charge in [0.1, 0.15) is 0 Å². The zero-order chi connectivity index (χ0) is 21.8. The summed E-state index contributed by atoms with van der Waals surface area (Å²) < 4.78 is 1.72. The zero-order valence-electron chi connectivity index (χ0n) is 18.6. The molecule has 3 aromatic rings. The molecule has 5 nitrogen and oxygen atoms in total. The van der Waals surface area contributed by atoms with Gasteiger partial charge in [-0.1, -0.05) is 78.0 Å². The quantitative estimate of drug-likeness (QED) is 0.332. The van der Waals surface area contributed by atoms with Crippen molar-refractivity contribution in [2.75, 3.05) is 5.73 Å². The Kier molecular flexibility index (Phi) is 9.78. The summed E-state index contributed by atoms with van der Waals surface area (Å²) in [6, 6.07) is 5.98. The van der Waals surface area contributed by atoms with Gasteiger partial charge in [-0.25, -0.2) is 9.50 Å². The van der Waals surface area contributed by atoms with Gasteiger partial charge in [-0.15, -0.1) is 5.10 Å².